The molecule has 0 bridgehead atoms. The van der Waals surface area contributed by atoms with E-state index in [1.165, 1.54) is 6.07 Å². The van der Waals surface area contributed by atoms with E-state index >= 15 is 0 Å². The van der Waals surface area contributed by atoms with E-state index in [0.717, 1.165) is 22.4 Å². The molecule has 5 heteroatoms. The molecular formula is C13H16N2O3. The smallest absolute Gasteiger partial charge is 0.322 e. The Kier molecular flexibility index (Phi) is 4.55. The van der Waals surface area contributed by atoms with Crippen LogP contribution in [0.15, 0.2) is 6.07 Å². The van der Waals surface area contributed by atoms with Crippen molar-refractivity contribution in [2.75, 3.05) is 14.2 Å². The van der Waals surface area contributed by atoms with Gasteiger partial charge < -0.3 is 14.8 Å². The molecule has 18 heavy (non-hydrogen) atoms. The third kappa shape index (κ3) is 2.72. The summed E-state index contributed by atoms with van der Waals surface area (Å²) in [4.78, 5) is 10.9. The van der Waals surface area contributed by atoms with E-state index in [0.29, 0.717) is 5.75 Å². The zero-order valence-corrected chi connectivity index (χ0v) is 11.0. The summed E-state index contributed by atoms with van der Waals surface area (Å²) >= 11 is 0. The number of rotatable bonds is 4. The number of nitriles is 1. The maximum atomic E-state index is 10.9. The molecule has 0 radical (unpaired) electrons. The van der Waals surface area contributed by atoms with Crippen LogP contribution in [0.3, 0.4) is 0 Å². The number of methoxy groups -OCH3 is 2. The molecule has 0 saturated heterocycles. The summed E-state index contributed by atoms with van der Waals surface area (Å²) in [6, 6.07) is 3.31. The molecule has 0 aliphatic carbocycles. The van der Waals surface area contributed by atoms with E-state index in [1.807, 2.05) is 13.8 Å². The first-order valence-corrected chi connectivity index (χ1v) is 5.44. The van der Waals surface area contributed by atoms with Gasteiger partial charge >= 0.3 is 5.91 Å². The van der Waals surface area contributed by atoms with Crippen LogP contribution in [0, 0.1) is 25.2 Å². The summed E-state index contributed by atoms with van der Waals surface area (Å²) in [5.41, 5.74) is 2.73. The van der Waals surface area contributed by atoms with E-state index in [1.54, 1.807) is 20.3 Å². The van der Waals surface area contributed by atoms with E-state index in [2.05, 4.69) is 5.32 Å². The highest BCUT2D eigenvalue weighted by Gasteiger charge is 2.14. The van der Waals surface area contributed by atoms with Gasteiger partial charge in [0.2, 0.25) is 0 Å². The van der Waals surface area contributed by atoms with Crippen molar-refractivity contribution >= 4 is 5.91 Å². The number of nitrogens with one attached hydrogen (secondary N) is 1. The predicted molar refractivity (Wildman–Crippen MR) is 66.5 cm³/mol. The van der Waals surface area contributed by atoms with E-state index in [9.17, 15) is 4.79 Å². The Morgan fingerprint density at radius 3 is 2.50 bits per heavy atom. The highest BCUT2D eigenvalue weighted by Crippen LogP contribution is 2.33. The number of hydrogen-bond donors (Lipinski definition) is 1. The summed E-state index contributed by atoms with van der Waals surface area (Å²) in [6.45, 7) is 4.09. The Hall–Kier alpha value is -2.22. The van der Waals surface area contributed by atoms with E-state index in [-0.39, 0.29) is 6.54 Å². The van der Waals surface area contributed by atoms with Crippen LogP contribution < -0.4 is 14.8 Å². The van der Waals surface area contributed by atoms with E-state index in [4.69, 9.17) is 14.7 Å². The Bertz CT molecular complexity index is 504. The molecule has 1 N–H and O–H groups in total. The van der Waals surface area contributed by atoms with Crippen molar-refractivity contribution in [1.29, 1.82) is 5.26 Å². The molecule has 0 aliphatic heterocycles. The van der Waals surface area contributed by atoms with E-state index < -0.39 is 5.91 Å². The van der Waals surface area contributed by atoms with Gasteiger partial charge in [0.1, 0.15) is 11.5 Å². The zero-order chi connectivity index (χ0) is 13.7. The fraction of sp³-hybridized carbons (Fsp3) is 0.385. The Morgan fingerprint density at radius 1 is 1.33 bits per heavy atom. The van der Waals surface area contributed by atoms with Crippen LogP contribution in [0.5, 0.6) is 11.5 Å². The van der Waals surface area contributed by atoms with Gasteiger partial charge in [0.25, 0.3) is 0 Å². The SMILES string of the molecule is COc1cc(CNC(=O)C#N)c(OC)c(C)c1C. The average Bonchev–Trinajstić information content (AvgIpc) is 2.39. The minimum absolute atomic E-state index is 0.229. The normalized spacial score (nSPS) is 9.50. The van der Waals surface area contributed by atoms with Gasteiger partial charge in [0, 0.05) is 12.1 Å². The number of ether oxygens (including phenoxy) is 2. The van der Waals surface area contributed by atoms with Crippen LogP contribution in [0.25, 0.3) is 0 Å². The highest BCUT2D eigenvalue weighted by molar-refractivity contribution is 5.91. The largest absolute Gasteiger partial charge is 0.496 e. The minimum Gasteiger partial charge on any atom is -0.496 e. The molecule has 0 spiro atoms. The first-order valence-electron chi connectivity index (χ1n) is 5.44. The molecule has 0 aromatic heterocycles. The second-order valence-corrected chi connectivity index (χ2v) is 3.82. The fourth-order valence-corrected chi connectivity index (χ4v) is 1.77. The van der Waals surface area contributed by atoms with Crippen molar-refractivity contribution in [2.24, 2.45) is 0 Å². The van der Waals surface area contributed by atoms with Crippen molar-refractivity contribution in [2.45, 2.75) is 20.4 Å². The van der Waals surface area contributed by atoms with Gasteiger partial charge in [-0.05, 0) is 31.0 Å². The first kappa shape index (κ1) is 13.8. The topological polar surface area (TPSA) is 71.3 Å². The number of carbonyl (C=O) groups is 1. The number of nitrogens with zero attached hydrogens (tertiary/aromatic N) is 1. The van der Waals surface area contributed by atoms with Crippen molar-refractivity contribution in [3.8, 4) is 17.6 Å². The molecule has 0 unspecified atom stereocenters. The average molecular weight is 248 g/mol. The standard InChI is InChI=1S/C13H16N2O3/c1-8-9(2)13(18-4)10(5-11(8)17-3)7-15-12(16)6-14/h5H,7H2,1-4H3,(H,15,16). The lowest BCUT2D eigenvalue weighted by Crippen LogP contribution is -2.21. The molecule has 0 atom stereocenters. The number of amides is 1. The molecule has 1 aromatic rings. The summed E-state index contributed by atoms with van der Waals surface area (Å²) in [6.07, 6.45) is 0. The lowest BCUT2D eigenvalue weighted by molar-refractivity contribution is -0.116. The Labute approximate surface area is 106 Å². The Balaban J connectivity index is 3.13. The van der Waals surface area contributed by atoms with Crippen molar-refractivity contribution in [3.63, 3.8) is 0 Å². The molecular weight excluding hydrogens is 232 g/mol. The van der Waals surface area contributed by atoms with Crippen LogP contribution in [-0.2, 0) is 11.3 Å². The van der Waals surface area contributed by atoms with Crippen molar-refractivity contribution < 1.29 is 14.3 Å². The maximum absolute atomic E-state index is 10.9. The molecule has 1 aromatic carbocycles. The molecule has 0 heterocycles. The predicted octanol–water partition coefficient (Wildman–Crippen LogP) is 1.46. The first-order chi connectivity index (χ1) is 8.54. The third-order valence-corrected chi connectivity index (χ3v) is 2.83. The summed E-state index contributed by atoms with van der Waals surface area (Å²) in [7, 11) is 3.16. The van der Waals surface area contributed by atoms with Crippen LogP contribution in [0.4, 0.5) is 0 Å². The Morgan fingerprint density at radius 2 is 2.00 bits per heavy atom. The van der Waals surface area contributed by atoms with Gasteiger partial charge in [-0.25, -0.2) is 0 Å². The second kappa shape index (κ2) is 5.92. The lowest BCUT2D eigenvalue weighted by atomic mass is 10.0. The van der Waals surface area contributed by atoms with Crippen molar-refractivity contribution in [3.05, 3.63) is 22.8 Å². The molecule has 5 nitrogen and oxygen atoms in total. The van der Waals surface area contributed by atoms with Gasteiger partial charge in [-0.3, -0.25) is 4.79 Å². The lowest BCUT2D eigenvalue weighted by Gasteiger charge is -2.16. The van der Waals surface area contributed by atoms with Crippen LogP contribution in [-0.4, -0.2) is 20.1 Å². The molecule has 0 fully saturated rings. The van der Waals surface area contributed by atoms with Crippen LogP contribution >= 0.6 is 0 Å². The van der Waals surface area contributed by atoms with Gasteiger partial charge in [0.05, 0.1) is 14.2 Å². The fourth-order valence-electron chi connectivity index (χ4n) is 1.77. The van der Waals surface area contributed by atoms with Crippen LogP contribution in [0.2, 0.25) is 0 Å². The summed E-state index contributed by atoms with van der Waals surface area (Å²) < 4.78 is 10.6. The highest BCUT2D eigenvalue weighted by atomic mass is 16.5. The number of benzene rings is 1. The monoisotopic (exact) mass is 248 g/mol. The number of hydrogen-bond acceptors (Lipinski definition) is 4. The minimum atomic E-state index is -0.672. The number of carbonyl (C=O) groups excluding carboxylic acids is 1. The zero-order valence-electron chi connectivity index (χ0n) is 11.0. The molecule has 1 rings (SSSR count). The molecule has 96 valence electrons. The van der Waals surface area contributed by atoms with Crippen LogP contribution in [0.1, 0.15) is 16.7 Å². The quantitative estimate of drug-likeness (QED) is 0.819. The summed E-state index contributed by atoms with van der Waals surface area (Å²) in [5.74, 6) is 0.760. The van der Waals surface area contributed by atoms with Gasteiger partial charge in [-0.15, -0.1) is 0 Å². The maximum Gasteiger partial charge on any atom is 0.322 e. The summed E-state index contributed by atoms with van der Waals surface area (Å²) in [5, 5.41) is 10.9. The second-order valence-electron chi connectivity index (χ2n) is 3.82. The molecule has 0 saturated carbocycles. The third-order valence-electron chi connectivity index (χ3n) is 2.83. The van der Waals surface area contributed by atoms with Crippen molar-refractivity contribution in [1.82, 2.24) is 5.32 Å². The van der Waals surface area contributed by atoms with Gasteiger partial charge in [-0.1, -0.05) is 0 Å². The van der Waals surface area contributed by atoms with Gasteiger partial charge in [0.15, 0.2) is 6.07 Å². The molecule has 0 aliphatic rings. The molecule has 1 amide bonds. The van der Waals surface area contributed by atoms with Gasteiger partial charge in [-0.2, -0.15) is 5.26 Å².